The van der Waals surface area contributed by atoms with Crippen molar-refractivity contribution >= 4 is 16.7 Å². The molecular formula is C20H16O2. The van der Waals surface area contributed by atoms with Crippen molar-refractivity contribution in [1.29, 1.82) is 0 Å². The molecule has 0 atom stereocenters. The molecule has 0 radical (unpaired) electrons. The molecule has 0 saturated heterocycles. The van der Waals surface area contributed by atoms with Gasteiger partial charge in [-0.15, -0.1) is 0 Å². The van der Waals surface area contributed by atoms with Crippen LogP contribution in [0.3, 0.4) is 0 Å². The van der Waals surface area contributed by atoms with Crippen LogP contribution in [0.15, 0.2) is 48.5 Å². The Balaban J connectivity index is 2.11. The SMILES string of the molecule is CCOC(=O)c1ccc(C)c2c1-c1cccc3cccc-2c13. The number of hydrogen-bond acceptors (Lipinski definition) is 2. The maximum absolute atomic E-state index is 12.4. The summed E-state index contributed by atoms with van der Waals surface area (Å²) in [7, 11) is 0. The molecule has 22 heavy (non-hydrogen) atoms. The Morgan fingerprint density at radius 2 is 1.64 bits per heavy atom. The second kappa shape index (κ2) is 4.70. The van der Waals surface area contributed by atoms with Gasteiger partial charge in [-0.05, 0) is 52.9 Å². The van der Waals surface area contributed by atoms with E-state index in [-0.39, 0.29) is 5.97 Å². The first-order valence-corrected chi connectivity index (χ1v) is 7.55. The van der Waals surface area contributed by atoms with Gasteiger partial charge in [0.05, 0.1) is 12.2 Å². The summed E-state index contributed by atoms with van der Waals surface area (Å²) in [4.78, 5) is 12.4. The quantitative estimate of drug-likeness (QED) is 0.487. The van der Waals surface area contributed by atoms with Gasteiger partial charge in [0.25, 0.3) is 0 Å². The van der Waals surface area contributed by atoms with E-state index in [0.717, 1.165) is 16.7 Å². The first-order valence-electron chi connectivity index (χ1n) is 7.55. The standard InChI is InChI=1S/C20H16O2/c1-3-22-20(21)16-11-10-12(2)17-14-8-4-6-13-7-5-9-15(18(13)14)19(16)17/h4-11H,3H2,1-2H3. The highest BCUT2D eigenvalue weighted by molar-refractivity contribution is 6.19. The summed E-state index contributed by atoms with van der Waals surface area (Å²) in [6, 6.07) is 16.5. The molecule has 2 heteroatoms. The number of carbonyl (C=O) groups is 1. The summed E-state index contributed by atoms with van der Waals surface area (Å²) in [6.07, 6.45) is 0. The zero-order chi connectivity index (χ0) is 15.3. The number of hydrogen-bond donors (Lipinski definition) is 0. The third-order valence-electron chi connectivity index (χ3n) is 4.35. The molecule has 1 aliphatic carbocycles. The summed E-state index contributed by atoms with van der Waals surface area (Å²) in [5.41, 5.74) is 6.38. The van der Waals surface area contributed by atoms with E-state index in [2.05, 4.69) is 37.3 Å². The lowest BCUT2D eigenvalue weighted by atomic mass is 9.94. The number of benzene rings is 3. The Morgan fingerprint density at radius 1 is 0.955 bits per heavy atom. The summed E-state index contributed by atoms with van der Waals surface area (Å²) >= 11 is 0. The number of carbonyl (C=O) groups excluding carboxylic acids is 1. The van der Waals surface area contributed by atoms with Crippen LogP contribution in [0.25, 0.3) is 33.0 Å². The molecule has 0 bridgehead atoms. The monoisotopic (exact) mass is 288 g/mol. The second-order valence-electron chi connectivity index (χ2n) is 5.61. The van der Waals surface area contributed by atoms with Crippen LogP contribution in [0.2, 0.25) is 0 Å². The first-order chi connectivity index (χ1) is 10.7. The highest BCUT2D eigenvalue weighted by atomic mass is 16.5. The fourth-order valence-corrected chi connectivity index (χ4v) is 3.47. The van der Waals surface area contributed by atoms with Gasteiger partial charge < -0.3 is 4.74 Å². The van der Waals surface area contributed by atoms with Crippen LogP contribution >= 0.6 is 0 Å². The van der Waals surface area contributed by atoms with Gasteiger partial charge in [0.15, 0.2) is 0 Å². The van der Waals surface area contributed by atoms with Crippen LogP contribution in [-0.2, 0) is 4.74 Å². The van der Waals surface area contributed by atoms with E-state index < -0.39 is 0 Å². The van der Waals surface area contributed by atoms with Gasteiger partial charge in [-0.1, -0.05) is 42.5 Å². The molecule has 0 amide bonds. The van der Waals surface area contributed by atoms with E-state index in [1.807, 2.05) is 25.1 Å². The van der Waals surface area contributed by atoms with Crippen molar-refractivity contribution in [2.75, 3.05) is 6.61 Å². The Hall–Kier alpha value is -2.61. The molecule has 3 aromatic rings. The fraction of sp³-hybridized carbons (Fsp3) is 0.150. The van der Waals surface area contributed by atoms with Crippen molar-refractivity contribution < 1.29 is 9.53 Å². The summed E-state index contributed by atoms with van der Waals surface area (Å²) < 4.78 is 5.25. The van der Waals surface area contributed by atoms with Crippen LogP contribution in [0.1, 0.15) is 22.8 Å². The number of ether oxygens (including phenoxy) is 1. The van der Waals surface area contributed by atoms with E-state index in [9.17, 15) is 4.79 Å². The molecule has 3 aromatic carbocycles. The maximum atomic E-state index is 12.4. The minimum Gasteiger partial charge on any atom is -0.462 e. The average molecular weight is 288 g/mol. The highest BCUT2D eigenvalue weighted by Crippen LogP contribution is 2.49. The van der Waals surface area contributed by atoms with E-state index in [1.54, 1.807) is 0 Å². The van der Waals surface area contributed by atoms with E-state index in [4.69, 9.17) is 4.74 Å². The molecule has 0 saturated carbocycles. The number of aryl methyl sites for hydroxylation is 1. The lowest BCUT2D eigenvalue weighted by Gasteiger charge is -2.11. The Labute approximate surface area is 129 Å². The largest absolute Gasteiger partial charge is 0.462 e. The van der Waals surface area contributed by atoms with Gasteiger partial charge in [0.1, 0.15) is 0 Å². The van der Waals surface area contributed by atoms with E-state index in [1.165, 1.54) is 21.9 Å². The van der Waals surface area contributed by atoms with Gasteiger partial charge in [-0.3, -0.25) is 0 Å². The highest BCUT2D eigenvalue weighted by Gasteiger charge is 2.27. The molecular weight excluding hydrogens is 272 g/mol. The van der Waals surface area contributed by atoms with E-state index >= 15 is 0 Å². The predicted molar refractivity (Wildman–Crippen MR) is 89.1 cm³/mol. The molecule has 0 fully saturated rings. The van der Waals surface area contributed by atoms with E-state index in [0.29, 0.717) is 12.2 Å². The molecule has 1 aliphatic rings. The third kappa shape index (κ3) is 1.64. The lowest BCUT2D eigenvalue weighted by Crippen LogP contribution is -2.06. The van der Waals surface area contributed by atoms with Crippen molar-refractivity contribution in [2.24, 2.45) is 0 Å². The minimum absolute atomic E-state index is 0.247. The molecule has 2 nitrogen and oxygen atoms in total. The maximum Gasteiger partial charge on any atom is 0.338 e. The molecule has 0 N–H and O–H groups in total. The Bertz CT molecular complexity index is 917. The number of rotatable bonds is 2. The van der Waals surface area contributed by atoms with Crippen molar-refractivity contribution in [3.8, 4) is 22.3 Å². The summed E-state index contributed by atoms with van der Waals surface area (Å²) in [6.45, 7) is 4.32. The zero-order valence-electron chi connectivity index (χ0n) is 12.6. The zero-order valence-corrected chi connectivity index (χ0v) is 12.6. The van der Waals surface area contributed by atoms with Crippen LogP contribution in [-0.4, -0.2) is 12.6 Å². The summed E-state index contributed by atoms with van der Waals surface area (Å²) in [5.74, 6) is -0.247. The average Bonchev–Trinajstić information content (AvgIpc) is 2.86. The molecule has 0 aromatic heterocycles. The first kappa shape index (κ1) is 13.1. The van der Waals surface area contributed by atoms with Gasteiger partial charge in [0, 0.05) is 5.56 Å². The van der Waals surface area contributed by atoms with Gasteiger partial charge in [-0.2, -0.15) is 0 Å². The molecule has 0 spiro atoms. The lowest BCUT2D eigenvalue weighted by molar-refractivity contribution is 0.0527. The minimum atomic E-state index is -0.247. The van der Waals surface area contributed by atoms with Crippen molar-refractivity contribution in [2.45, 2.75) is 13.8 Å². The van der Waals surface area contributed by atoms with Crippen LogP contribution in [0.5, 0.6) is 0 Å². The van der Waals surface area contributed by atoms with Crippen LogP contribution < -0.4 is 0 Å². The number of fused-ring (bicyclic) bond motifs is 3. The van der Waals surface area contributed by atoms with Gasteiger partial charge in [0.2, 0.25) is 0 Å². The third-order valence-corrected chi connectivity index (χ3v) is 4.35. The smallest absolute Gasteiger partial charge is 0.338 e. The molecule has 108 valence electrons. The Kier molecular flexibility index (Phi) is 2.80. The second-order valence-corrected chi connectivity index (χ2v) is 5.61. The molecule has 0 unspecified atom stereocenters. The molecule has 4 rings (SSSR count). The summed E-state index contributed by atoms with van der Waals surface area (Å²) in [5, 5.41) is 2.44. The molecule has 0 aliphatic heterocycles. The Morgan fingerprint density at radius 3 is 2.32 bits per heavy atom. The fourth-order valence-electron chi connectivity index (χ4n) is 3.47. The van der Waals surface area contributed by atoms with Crippen LogP contribution in [0, 0.1) is 6.92 Å². The predicted octanol–water partition coefficient (Wildman–Crippen LogP) is 4.97. The van der Waals surface area contributed by atoms with Crippen LogP contribution in [0.4, 0.5) is 0 Å². The van der Waals surface area contributed by atoms with Gasteiger partial charge in [-0.25, -0.2) is 4.79 Å². The normalized spacial score (nSPS) is 11.5. The van der Waals surface area contributed by atoms with Crippen molar-refractivity contribution in [3.05, 3.63) is 59.7 Å². The molecule has 0 heterocycles. The topological polar surface area (TPSA) is 26.3 Å². The van der Waals surface area contributed by atoms with Crippen molar-refractivity contribution in [3.63, 3.8) is 0 Å². The van der Waals surface area contributed by atoms with Crippen molar-refractivity contribution in [1.82, 2.24) is 0 Å². The number of esters is 1. The van der Waals surface area contributed by atoms with Gasteiger partial charge >= 0.3 is 5.97 Å².